The highest BCUT2D eigenvalue weighted by atomic mass is 35.5. The number of allylic oxidation sites excluding steroid dienone is 2. The summed E-state index contributed by atoms with van der Waals surface area (Å²) in [4.78, 5) is 32.6. The predicted molar refractivity (Wildman–Crippen MR) is 128 cm³/mol. The SMILES string of the molecule is CC(C)(C)C(=O)n1nc(C2=CC=CCN2CC(=O)c2cocn2)cc1NCc1ccc(Cl)s1. The van der Waals surface area contributed by atoms with E-state index in [-0.39, 0.29) is 23.9 Å². The van der Waals surface area contributed by atoms with E-state index in [1.54, 1.807) is 0 Å². The Bertz CT molecular complexity index is 1220. The first-order valence-corrected chi connectivity index (χ1v) is 11.6. The Balaban J connectivity index is 1.63. The van der Waals surface area contributed by atoms with E-state index in [1.807, 2.05) is 62.1 Å². The first-order valence-electron chi connectivity index (χ1n) is 10.4. The molecule has 0 amide bonds. The maximum atomic E-state index is 13.1. The Kier molecular flexibility index (Phi) is 6.53. The van der Waals surface area contributed by atoms with Crippen LogP contribution in [0.1, 0.15) is 46.6 Å². The number of halogens is 1. The van der Waals surface area contributed by atoms with Crippen LogP contribution in [0.2, 0.25) is 4.34 Å². The topological polar surface area (TPSA) is 93.3 Å². The van der Waals surface area contributed by atoms with Gasteiger partial charge in [-0.05, 0) is 18.2 Å². The maximum absolute atomic E-state index is 13.1. The third-order valence-corrected chi connectivity index (χ3v) is 6.22. The van der Waals surface area contributed by atoms with Gasteiger partial charge in [0.2, 0.25) is 5.78 Å². The van der Waals surface area contributed by atoms with Crippen molar-refractivity contribution in [3.63, 3.8) is 0 Å². The highest BCUT2D eigenvalue weighted by molar-refractivity contribution is 7.16. The molecular formula is C23H24ClN5O3S. The van der Waals surface area contributed by atoms with Crippen molar-refractivity contribution in [2.75, 3.05) is 18.4 Å². The minimum Gasteiger partial charge on any atom is -0.451 e. The Morgan fingerprint density at radius 1 is 1.30 bits per heavy atom. The summed E-state index contributed by atoms with van der Waals surface area (Å²) in [7, 11) is 0. The summed E-state index contributed by atoms with van der Waals surface area (Å²) in [5, 5.41) is 7.94. The van der Waals surface area contributed by atoms with Crippen LogP contribution in [0.25, 0.3) is 5.70 Å². The lowest BCUT2D eigenvalue weighted by Crippen LogP contribution is -2.31. The first kappa shape index (κ1) is 23.0. The molecule has 8 nitrogen and oxygen atoms in total. The van der Waals surface area contributed by atoms with Gasteiger partial charge in [0.25, 0.3) is 5.91 Å². The van der Waals surface area contributed by atoms with E-state index in [4.69, 9.17) is 16.0 Å². The molecule has 1 aliphatic rings. The van der Waals surface area contributed by atoms with Crippen molar-refractivity contribution in [2.45, 2.75) is 27.3 Å². The van der Waals surface area contributed by atoms with E-state index < -0.39 is 5.41 Å². The molecule has 0 spiro atoms. The average Bonchev–Trinajstić information content (AvgIpc) is 3.52. The van der Waals surface area contributed by atoms with Crippen LogP contribution in [0.5, 0.6) is 0 Å². The van der Waals surface area contributed by atoms with Gasteiger partial charge in [0, 0.05) is 22.9 Å². The van der Waals surface area contributed by atoms with Crippen molar-refractivity contribution in [1.29, 1.82) is 0 Å². The molecule has 1 N–H and O–H groups in total. The third kappa shape index (κ3) is 5.26. The lowest BCUT2D eigenvalue weighted by atomic mass is 9.96. The number of nitrogens with one attached hydrogen (secondary N) is 1. The summed E-state index contributed by atoms with van der Waals surface area (Å²) in [5.41, 5.74) is 0.984. The van der Waals surface area contributed by atoms with Crippen LogP contribution in [0.4, 0.5) is 5.82 Å². The standard InChI is InChI=1S/C23H24ClN5O3S/c1-23(2,3)22(31)29-21(25-11-15-7-8-20(24)33-15)10-16(27-29)18-6-4-5-9-28(18)12-19(30)17-13-32-14-26-17/h4-8,10,13-14,25H,9,11-12H2,1-3H3. The Hall–Kier alpha value is -3.17. The fraction of sp³-hybridized carbons (Fsp3) is 0.304. The molecule has 0 aliphatic carbocycles. The van der Waals surface area contributed by atoms with E-state index in [2.05, 4.69) is 15.4 Å². The number of carbonyl (C=O) groups is 2. The number of Topliss-reactive ketones (excluding diaryl/α,β-unsaturated/α-hetero) is 1. The molecule has 0 saturated carbocycles. The number of nitrogens with zero attached hydrogens (tertiary/aromatic N) is 4. The van der Waals surface area contributed by atoms with Gasteiger partial charge in [0.1, 0.15) is 23.5 Å². The van der Waals surface area contributed by atoms with Crippen molar-refractivity contribution in [3.8, 4) is 0 Å². The lowest BCUT2D eigenvalue weighted by molar-refractivity contribution is 0.0751. The number of thiophene rings is 1. The van der Waals surface area contributed by atoms with E-state index in [9.17, 15) is 9.59 Å². The zero-order chi connectivity index (χ0) is 23.6. The third-order valence-electron chi connectivity index (χ3n) is 4.99. The van der Waals surface area contributed by atoms with Gasteiger partial charge >= 0.3 is 0 Å². The van der Waals surface area contributed by atoms with Crippen LogP contribution in [-0.4, -0.2) is 44.4 Å². The largest absolute Gasteiger partial charge is 0.451 e. The molecule has 33 heavy (non-hydrogen) atoms. The Morgan fingerprint density at radius 3 is 2.79 bits per heavy atom. The van der Waals surface area contributed by atoms with Gasteiger partial charge < -0.3 is 14.6 Å². The lowest BCUT2D eigenvalue weighted by Gasteiger charge is -2.26. The molecule has 0 unspecified atom stereocenters. The molecule has 0 bridgehead atoms. The number of aromatic nitrogens is 3. The van der Waals surface area contributed by atoms with Crippen molar-refractivity contribution >= 4 is 46.1 Å². The van der Waals surface area contributed by atoms with Crippen LogP contribution in [0.15, 0.2) is 53.5 Å². The van der Waals surface area contributed by atoms with Crippen LogP contribution in [0, 0.1) is 5.41 Å². The van der Waals surface area contributed by atoms with Crippen molar-refractivity contribution in [3.05, 3.63) is 69.7 Å². The van der Waals surface area contributed by atoms with Gasteiger partial charge in [-0.3, -0.25) is 9.59 Å². The van der Waals surface area contributed by atoms with Gasteiger partial charge in [-0.2, -0.15) is 9.78 Å². The highest BCUT2D eigenvalue weighted by Gasteiger charge is 2.28. The molecule has 0 aromatic carbocycles. The molecule has 10 heteroatoms. The summed E-state index contributed by atoms with van der Waals surface area (Å²) in [5.74, 6) is 0.272. The number of hydrogen-bond donors (Lipinski definition) is 1. The molecule has 1 aliphatic heterocycles. The second-order valence-corrected chi connectivity index (χ2v) is 10.4. The monoisotopic (exact) mass is 485 g/mol. The van der Waals surface area contributed by atoms with Crippen molar-refractivity contribution in [2.24, 2.45) is 5.41 Å². The zero-order valence-corrected chi connectivity index (χ0v) is 20.1. The highest BCUT2D eigenvalue weighted by Crippen LogP contribution is 2.28. The van der Waals surface area contributed by atoms with Gasteiger partial charge in [-0.15, -0.1) is 11.3 Å². The molecule has 0 atom stereocenters. The molecule has 4 rings (SSSR count). The van der Waals surface area contributed by atoms with Crippen LogP contribution < -0.4 is 5.32 Å². The molecule has 3 aromatic rings. The molecule has 3 aromatic heterocycles. The maximum Gasteiger partial charge on any atom is 0.254 e. The normalized spacial score (nSPS) is 13.8. The Morgan fingerprint density at radius 2 is 2.12 bits per heavy atom. The smallest absolute Gasteiger partial charge is 0.254 e. The molecule has 0 saturated heterocycles. The van der Waals surface area contributed by atoms with Crippen molar-refractivity contribution < 1.29 is 14.0 Å². The number of anilines is 1. The fourth-order valence-electron chi connectivity index (χ4n) is 3.28. The Labute approximate surface area is 200 Å². The minimum absolute atomic E-state index is 0.110. The van der Waals surface area contributed by atoms with Crippen molar-refractivity contribution in [1.82, 2.24) is 19.7 Å². The van der Waals surface area contributed by atoms with E-state index >= 15 is 0 Å². The van der Waals surface area contributed by atoms with Gasteiger partial charge in [0.15, 0.2) is 6.39 Å². The first-order chi connectivity index (χ1) is 15.7. The number of oxazole rings is 1. The number of carbonyl (C=O) groups excluding carboxylic acids is 2. The summed E-state index contributed by atoms with van der Waals surface area (Å²) in [6.45, 7) is 6.71. The molecule has 0 fully saturated rings. The minimum atomic E-state index is -0.630. The van der Waals surface area contributed by atoms with Gasteiger partial charge in [-0.25, -0.2) is 4.98 Å². The van der Waals surface area contributed by atoms with E-state index in [1.165, 1.54) is 28.7 Å². The van der Waals surface area contributed by atoms with Crippen LogP contribution in [-0.2, 0) is 6.54 Å². The summed E-state index contributed by atoms with van der Waals surface area (Å²) >= 11 is 7.52. The van der Waals surface area contributed by atoms with Crippen LogP contribution in [0.3, 0.4) is 0 Å². The van der Waals surface area contributed by atoms with E-state index in [0.717, 1.165) is 10.6 Å². The molecular weight excluding hydrogens is 462 g/mol. The summed E-state index contributed by atoms with van der Waals surface area (Å²) < 4.78 is 7.04. The van der Waals surface area contributed by atoms with Crippen LogP contribution >= 0.6 is 22.9 Å². The quantitative estimate of drug-likeness (QED) is 0.471. The summed E-state index contributed by atoms with van der Waals surface area (Å²) in [6, 6.07) is 5.62. The molecule has 4 heterocycles. The zero-order valence-electron chi connectivity index (χ0n) is 18.5. The number of hydrogen-bond acceptors (Lipinski definition) is 8. The predicted octanol–water partition coefficient (Wildman–Crippen LogP) is 4.98. The van der Waals surface area contributed by atoms with Gasteiger partial charge in [0.05, 0.1) is 23.1 Å². The molecule has 172 valence electrons. The second kappa shape index (κ2) is 9.36. The van der Waals surface area contributed by atoms with Gasteiger partial charge in [-0.1, -0.05) is 44.5 Å². The average molecular weight is 486 g/mol. The number of rotatable bonds is 7. The second-order valence-electron chi connectivity index (χ2n) is 8.60. The molecule has 0 radical (unpaired) electrons. The summed E-state index contributed by atoms with van der Waals surface area (Å²) in [6.07, 6.45) is 8.32. The fourth-order valence-corrected chi connectivity index (χ4v) is 4.31. The number of ketones is 1. The van der Waals surface area contributed by atoms with E-state index in [0.29, 0.717) is 28.9 Å².